The Morgan fingerprint density at radius 3 is 2.67 bits per heavy atom. The Morgan fingerprint density at radius 1 is 1.38 bits per heavy atom. The third-order valence-electron chi connectivity index (χ3n) is 2.80. The van der Waals surface area contributed by atoms with Crippen LogP contribution in [0.2, 0.25) is 0 Å². The number of rotatable bonds is 4. The Balaban J connectivity index is 2.45. The second-order valence-electron chi connectivity index (χ2n) is 4.26. The minimum atomic E-state index is -0.671. The molecule has 2 aromatic rings. The van der Waals surface area contributed by atoms with E-state index < -0.39 is 5.97 Å². The van der Waals surface area contributed by atoms with Gasteiger partial charge < -0.3 is 9.64 Å². The van der Waals surface area contributed by atoms with E-state index in [1.165, 1.54) is 26.2 Å². The molecule has 0 saturated carbocycles. The Labute approximate surface area is 125 Å². The van der Waals surface area contributed by atoms with E-state index >= 15 is 0 Å². The van der Waals surface area contributed by atoms with Gasteiger partial charge in [0.2, 0.25) is 0 Å². The molecule has 1 aromatic carbocycles. The molecule has 0 fully saturated rings. The van der Waals surface area contributed by atoms with Crippen LogP contribution in [-0.2, 0) is 4.74 Å². The van der Waals surface area contributed by atoms with Gasteiger partial charge in [0.1, 0.15) is 10.7 Å². The number of carbonyl (C=O) groups excluding carboxylic acids is 2. The van der Waals surface area contributed by atoms with Crippen LogP contribution < -0.4 is 4.90 Å². The van der Waals surface area contributed by atoms with Gasteiger partial charge in [-0.15, -0.1) is 0 Å². The van der Waals surface area contributed by atoms with Crippen molar-refractivity contribution in [3.05, 3.63) is 40.7 Å². The molecular formula is C14H13FN2O3S. The summed E-state index contributed by atoms with van der Waals surface area (Å²) in [5, 5.41) is 0.409. The van der Waals surface area contributed by atoms with E-state index in [1.807, 2.05) is 0 Å². The summed E-state index contributed by atoms with van der Waals surface area (Å²) in [4.78, 5) is 29.2. The molecule has 21 heavy (non-hydrogen) atoms. The summed E-state index contributed by atoms with van der Waals surface area (Å²) in [5.41, 5.74) is 0.545. The first-order valence-electron chi connectivity index (χ1n) is 6.03. The van der Waals surface area contributed by atoms with Gasteiger partial charge in [-0.2, -0.15) is 0 Å². The lowest BCUT2D eigenvalue weighted by Crippen LogP contribution is -2.10. The van der Waals surface area contributed by atoms with E-state index in [2.05, 4.69) is 9.72 Å². The molecule has 0 bridgehead atoms. The van der Waals surface area contributed by atoms with Crippen molar-refractivity contribution in [3.8, 4) is 0 Å². The van der Waals surface area contributed by atoms with Crippen LogP contribution >= 0.6 is 11.3 Å². The molecule has 0 atom stereocenters. The monoisotopic (exact) mass is 308 g/mol. The fourth-order valence-electron chi connectivity index (χ4n) is 1.72. The zero-order chi connectivity index (χ0) is 15.6. The first-order chi connectivity index (χ1) is 9.93. The molecule has 0 aliphatic carbocycles. The molecule has 1 aromatic heterocycles. The van der Waals surface area contributed by atoms with Crippen molar-refractivity contribution >= 4 is 33.9 Å². The summed E-state index contributed by atoms with van der Waals surface area (Å²) < 4.78 is 17.9. The second kappa shape index (κ2) is 6.01. The fourth-order valence-corrected chi connectivity index (χ4v) is 2.65. The number of benzene rings is 1. The molecule has 0 saturated heterocycles. The normalized spacial score (nSPS) is 10.3. The van der Waals surface area contributed by atoms with Crippen molar-refractivity contribution in [3.63, 3.8) is 0 Å². The number of esters is 1. The van der Waals surface area contributed by atoms with Crippen molar-refractivity contribution in [2.24, 2.45) is 0 Å². The quantitative estimate of drug-likeness (QED) is 0.642. The molecule has 0 spiro atoms. The van der Waals surface area contributed by atoms with E-state index in [0.29, 0.717) is 10.8 Å². The lowest BCUT2D eigenvalue weighted by molar-refractivity contribution is 0.0591. The number of anilines is 2. The molecule has 7 heteroatoms. The minimum Gasteiger partial charge on any atom is -0.464 e. The maximum absolute atomic E-state index is 13.3. The topological polar surface area (TPSA) is 59.5 Å². The maximum atomic E-state index is 13.3. The number of aromatic nitrogens is 1. The molecular weight excluding hydrogens is 295 g/mol. The number of carbonyl (C=O) groups is 2. The van der Waals surface area contributed by atoms with Crippen molar-refractivity contribution in [2.45, 2.75) is 6.92 Å². The molecule has 5 nitrogen and oxygen atoms in total. The Bertz CT molecular complexity index is 699. The van der Waals surface area contributed by atoms with Crippen LogP contribution in [0.1, 0.15) is 27.1 Å². The predicted molar refractivity (Wildman–Crippen MR) is 77.9 cm³/mol. The summed E-state index contributed by atoms with van der Waals surface area (Å²) in [7, 11) is 2.90. The first kappa shape index (κ1) is 15.1. The van der Waals surface area contributed by atoms with Crippen LogP contribution in [0, 0.1) is 5.82 Å². The van der Waals surface area contributed by atoms with Gasteiger partial charge in [0.25, 0.3) is 0 Å². The van der Waals surface area contributed by atoms with Gasteiger partial charge in [0, 0.05) is 19.7 Å². The number of halogens is 1. The standard InChI is InChI=1S/C14H13FN2O3S/c1-8(18)12-11(13(19)20-3)16-14(21-12)17(2)10-6-4-5-9(15)7-10/h4-7H,1-3H3. The predicted octanol–water partition coefficient (Wildman–Crippen LogP) is 3.04. The van der Waals surface area contributed by atoms with Gasteiger partial charge in [0.15, 0.2) is 16.6 Å². The summed E-state index contributed by atoms with van der Waals surface area (Å²) in [6.45, 7) is 1.35. The zero-order valence-corrected chi connectivity index (χ0v) is 12.5. The van der Waals surface area contributed by atoms with E-state index in [9.17, 15) is 14.0 Å². The number of ether oxygens (including phenoxy) is 1. The number of thiazole rings is 1. The lowest BCUT2D eigenvalue weighted by atomic mass is 10.3. The zero-order valence-electron chi connectivity index (χ0n) is 11.7. The molecule has 0 unspecified atom stereocenters. The summed E-state index contributed by atoms with van der Waals surface area (Å²) in [6.07, 6.45) is 0. The van der Waals surface area contributed by atoms with Crippen LogP contribution in [0.3, 0.4) is 0 Å². The number of Topliss-reactive ketones (excluding diaryl/α,β-unsaturated/α-hetero) is 1. The Kier molecular flexibility index (Phi) is 4.32. The number of ketones is 1. The first-order valence-corrected chi connectivity index (χ1v) is 6.85. The summed E-state index contributed by atoms with van der Waals surface area (Å²) in [5.74, 6) is -1.32. The molecule has 0 amide bonds. The highest BCUT2D eigenvalue weighted by molar-refractivity contribution is 7.17. The number of hydrogen-bond acceptors (Lipinski definition) is 6. The van der Waals surface area contributed by atoms with Crippen molar-refractivity contribution < 1.29 is 18.7 Å². The largest absolute Gasteiger partial charge is 0.464 e. The summed E-state index contributed by atoms with van der Waals surface area (Å²) in [6, 6.07) is 5.95. The van der Waals surface area contributed by atoms with Crippen LogP contribution in [-0.4, -0.2) is 30.9 Å². The third-order valence-corrected chi connectivity index (χ3v) is 4.03. The molecule has 0 N–H and O–H groups in total. The third kappa shape index (κ3) is 3.08. The van der Waals surface area contributed by atoms with Gasteiger partial charge in [-0.05, 0) is 18.2 Å². The molecule has 1 heterocycles. The highest BCUT2D eigenvalue weighted by Crippen LogP contribution is 2.31. The van der Waals surface area contributed by atoms with E-state index in [0.717, 1.165) is 11.3 Å². The number of methoxy groups -OCH3 is 1. The average Bonchev–Trinajstić information content (AvgIpc) is 2.91. The van der Waals surface area contributed by atoms with Gasteiger partial charge in [-0.3, -0.25) is 4.79 Å². The molecule has 0 aliphatic rings. The van der Waals surface area contributed by atoms with Crippen LogP contribution in [0.5, 0.6) is 0 Å². The van der Waals surface area contributed by atoms with Crippen LogP contribution in [0.4, 0.5) is 15.2 Å². The van der Waals surface area contributed by atoms with Crippen LogP contribution in [0.15, 0.2) is 24.3 Å². The van der Waals surface area contributed by atoms with E-state index in [-0.39, 0.29) is 22.2 Å². The number of hydrogen-bond donors (Lipinski definition) is 0. The second-order valence-corrected chi connectivity index (χ2v) is 5.24. The SMILES string of the molecule is COC(=O)c1nc(N(C)c2cccc(F)c2)sc1C(C)=O. The molecule has 0 aliphatic heterocycles. The van der Waals surface area contributed by atoms with E-state index in [1.54, 1.807) is 24.1 Å². The van der Waals surface area contributed by atoms with Gasteiger partial charge in [-0.25, -0.2) is 14.2 Å². The Hall–Kier alpha value is -2.28. The Morgan fingerprint density at radius 2 is 2.10 bits per heavy atom. The highest BCUT2D eigenvalue weighted by Gasteiger charge is 2.23. The smallest absolute Gasteiger partial charge is 0.358 e. The van der Waals surface area contributed by atoms with E-state index in [4.69, 9.17) is 0 Å². The minimum absolute atomic E-state index is 0.0201. The maximum Gasteiger partial charge on any atom is 0.358 e. The van der Waals surface area contributed by atoms with Crippen LogP contribution in [0.25, 0.3) is 0 Å². The lowest BCUT2D eigenvalue weighted by Gasteiger charge is -2.15. The molecule has 0 radical (unpaired) electrons. The van der Waals surface area contributed by atoms with Crippen molar-refractivity contribution in [2.75, 3.05) is 19.1 Å². The molecule has 110 valence electrons. The fraction of sp³-hybridized carbons (Fsp3) is 0.214. The van der Waals surface area contributed by atoms with Gasteiger partial charge in [-0.1, -0.05) is 17.4 Å². The molecule has 2 rings (SSSR count). The average molecular weight is 308 g/mol. The number of nitrogens with zero attached hydrogens (tertiary/aromatic N) is 2. The van der Waals surface area contributed by atoms with Gasteiger partial charge >= 0.3 is 5.97 Å². The highest BCUT2D eigenvalue weighted by atomic mass is 32.1. The van der Waals surface area contributed by atoms with Crippen molar-refractivity contribution in [1.29, 1.82) is 0 Å². The summed E-state index contributed by atoms with van der Waals surface area (Å²) >= 11 is 1.06. The van der Waals surface area contributed by atoms with Crippen molar-refractivity contribution in [1.82, 2.24) is 4.98 Å². The van der Waals surface area contributed by atoms with Gasteiger partial charge in [0.05, 0.1) is 7.11 Å².